The molecule has 0 radical (unpaired) electrons. The van der Waals surface area contributed by atoms with Gasteiger partial charge in [-0.1, -0.05) is 42.5 Å². The van der Waals surface area contributed by atoms with E-state index in [2.05, 4.69) is 0 Å². The quantitative estimate of drug-likeness (QED) is 0.780. The highest BCUT2D eigenvalue weighted by atomic mass is 32.2. The smallest absolute Gasteiger partial charge is 0.338 e. The van der Waals surface area contributed by atoms with Gasteiger partial charge < -0.3 is 9.84 Å². The van der Waals surface area contributed by atoms with Crippen molar-refractivity contribution in [3.8, 4) is 0 Å². The number of ether oxygens (including phenoxy) is 1. The van der Waals surface area contributed by atoms with Crippen molar-refractivity contribution in [2.24, 2.45) is 0 Å². The van der Waals surface area contributed by atoms with Gasteiger partial charge >= 0.3 is 11.9 Å². The highest BCUT2D eigenvalue weighted by Gasteiger charge is 2.26. The lowest BCUT2D eigenvalue weighted by atomic mass is 10.1. The lowest BCUT2D eigenvalue weighted by Gasteiger charge is -2.13. The Labute approximate surface area is 142 Å². The van der Waals surface area contributed by atoms with Gasteiger partial charge in [-0.3, -0.25) is 9.00 Å². The van der Waals surface area contributed by atoms with Gasteiger partial charge in [0.05, 0.1) is 12.2 Å². The number of aliphatic carboxylic acids is 1. The van der Waals surface area contributed by atoms with E-state index in [0.29, 0.717) is 23.3 Å². The first-order valence-electron chi connectivity index (χ1n) is 7.44. The van der Waals surface area contributed by atoms with Crippen LogP contribution < -0.4 is 0 Å². The number of esters is 1. The predicted octanol–water partition coefficient (Wildman–Crippen LogP) is 2.94. The van der Waals surface area contributed by atoms with Crippen LogP contribution in [-0.4, -0.2) is 27.9 Å². The molecule has 2 aromatic rings. The van der Waals surface area contributed by atoms with Crippen LogP contribution in [0.4, 0.5) is 0 Å². The Morgan fingerprint density at radius 2 is 1.71 bits per heavy atom. The van der Waals surface area contributed by atoms with Crippen LogP contribution >= 0.6 is 0 Å². The minimum absolute atomic E-state index is 0.0922. The number of hydrogen-bond acceptors (Lipinski definition) is 4. The Balaban J connectivity index is 2.13. The molecule has 6 heteroatoms. The van der Waals surface area contributed by atoms with Gasteiger partial charge in [0.1, 0.15) is 0 Å². The van der Waals surface area contributed by atoms with Crippen LogP contribution in [0.3, 0.4) is 0 Å². The molecule has 0 bridgehead atoms. The Morgan fingerprint density at radius 1 is 1.08 bits per heavy atom. The summed E-state index contributed by atoms with van der Waals surface area (Å²) >= 11 is 0. The Hall–Kier alpha value is -2.47. The number of carboxylic acids is 1. The third kappa shape index (κ3) is 4.52. The summed E-state index contributed by atoms with van der Waals surface area (Å²) in [5.41, 5.74) is 1.61. The van der Waals surface area contributed by atoms with Crippen LogP contribution in [0, 0.1) is 0 Å². The van der Waals surface area contributed by atoms with Crippen molar-refractivity contribution in [2.75, 3.05) is 6.61 Å². The van der Waals surface area contributed by atoms with Gasteiger partial charge in [0.25, 0.3) is 0 Å². The second-order valence-electron chi connectivity index (χ2n) is 5.07. The summed E-state index contributed by atoms with van der Waals surface area (Å²) < 4.78 is 17.4. The molecular weight excluding hydrogens is 328 g/mol. The van der Waals surface area contributed by atoms with Crippen LogP contribution in [0.5, 0.6) is 0 Å². The zero-order chi connectivity index (χ0) is 17.5. The van der Waals surface area contributed by atoms with Gasteiger partial charge in [0.15, 0.2) is 5.25 Å². The molecule has 126 valence electrons. The molecule has 0 fully saturated rings. The monoisotopic (exact) mass is 346 g/mol. The van der Waals surface area contributed by atoms with E-state index in [1.165, 1.54) is 0 Å². The molecule has 2 aromatic carbocycles. The fourth-order valence-electron chi connectivity index (χ4n) is 2.23. The SMILES string of the molecule is CCOC(=O)c1ccc(CS(=O)C(C(=O)O)c2ccccc2)cc1. The van der Waals surface area contributed by atoms with Crippen molar-refractivity contribution in [3.05, 3.63) is 71.3 Å². The zero-order valence-electron chi connectivity index (χ0n) is 13.2. The van der Waals surface area contributed by atoms with E-state index >= 15 is 0 Å². The highest BCUT2D eigenvalue weighted by molar-refractivity contribution is 7.85. The minimum Gasteiger partial charge on any atom is -0.480 e. The number of carbonyl (C=O) groups excluding carboxylic acids is 1. The molecule has 0 aliphatic carbocycles. The fraction of sp³-hybridized carbons (Fsp3) is 0.222. The van der Waals surface area contributed by atoms with Gasteiger partial charge in [-0.15, -0.1) is 0 Å². The maximum Gasteiger partial charge on any atom is 0.338 e. The number of hydrogen-bond donors (Lipinski definition) is 1. The van der Waals surface area contributed by atoms with E-state index in [-0.39, 0.29) is 5.75 Å². The molecule has 0 aliphatic heterocycles. The molecule has 0 saturated carbocycles. The van der Waals surface area contributed by atoms with Crippen LogP contribution in [0.15, 0.2) is 54.6 Å². The molecule has 24 heavy (non-hydrogen) atoms. The molecule has 0 aliphatic rings. The molecule has 2 unspecified atom stereocenters. The van der Waals surface area contributed by atoms with Gasteiger partial charge in [-0.25, -0.2) is 4.79 Å². The Morgan fingerprint density at radius 3 is 2.25 bits per heavy atom. The first kappa shape index (κ1) is 17.9. The van der Waals surface area contributed by atoms with Crippen molar-refractivity contribution in [3.63, 3.8) is 0 Å². The van der Waals surface area contributed by atoms with Crippen LogP contribution in [0.1, 0.15) is 33.7 Å². The summed E-state index contributed by atoms with van der Waals surface area (Å²) in [6, 6.07) is 15.0. The molecule has 0 heterocycles. The molecule has 0 spiro atoms. The predicted molar refractivity (Wildman–Crippen MR) is 91.1 cm³/mol. The van der Waals surface area contributed by atoms with E-state index < -0.39 is 28.0 Å². The molecule has 1 N–H and O–H groups in total. The molecule has 5 nitrogen and oxygen atoms in total. The van der Waals surface area contributed by atoms with Gasteiger partial charge in [0, 0.05) is 16.6 Å². The summed E-state index contributed by atoms with van der Waals surface area (Å²) in [5.74, 6) is -1.45. The lowest BCUT2D eigenvalue weighted by molar-refractivity contribution is -0.136. The number of carboxylic acid groups (broad SMARTS) is 1. The van der Waals surface area contributed by atoms with Crippen molar-refractivity contribution in [1.82, 2.24) is 0 Å². The summed E-state index contributed by atoms with van der Waals surface area (Å²) in [4.78, 5) is 23.1. The standard InChI is InChI=1S/C18H18O5S/c1-2-23-18(21)15-10-8-13(9-11-15)12-24(22)16(17(19)20)14-6-4-3-5-7-14/h3-11,16H,2,12H2,1H3,(H,19,20). The van der Waals surface area contributed by atoms with Gasteiger partial charge in [-0.05, 0) is 30.2 Å². The van der Waals surface area contributed by atoms with E-state index in [4.69, 9.17) is 4.74 Å². The molecule has 0 saturated heterocycles. The molecule has 2 atom stereocenters. The van der Waals surface area contributed by atoms with Crippen molar-refractivity contribution < 1.29 is 23.6 Å². The number of rotatable bonds is 7. The van der Waals surface area contributed by atoms with Crippen LogP contribution in [0.2, 0.25) is 0 Å². The molecular formula is C18H18O5S. The third-order valence-electron chi connectivity index (χ3n) is 3.36. The van der Waals surface area contributed by atoms with E-state index in [0.717, 1.165) is 0 Å². The number of carbonyl (C=O) groups is 2. The van der Waals surface area contributed by atoms with Crippen LogP contribution in [0.25, 0.3) is 0 Å². The largest absolute Gasteiger partial charge is 0.480 e. The van der Waals surface area contributed by atoms with Crippen LogP contribution in [-0.2, 0) is 26.1 Å². The van der Waals surface area contributed by atoms with E-state index in [1.807, 2.05) is 0 Å². The minimum atomic E-state index is -1.63. The summed E-state index contributed by atoms with van der Waals surface area (Å²) in [7, 11) is -1.63. The maximum absolute atomic E-state index is 12.5. The lowest BCUT2D eigenvalue weighted by Crippen LogP contribution is -2.18. The van der Waals surface area contributed by atoms with Crippen molar-refractivity contribution in [2.45, 2.75) is 17.9 Å². The maximum atomic E-state index is 12.5. The van der Waals surface area contributed by atoms with E-state index in [9.17, 15) is 18.9 Å². The molecule has 0 amide bonds. The second-order valence-corrected chi connectivity index (χ2v) is 6.59. The number of benzene rings is 2. The first-order chi connectivity index (χ1) is 11.5. The summed E-state index contributed by atoms with van der Waals surface area (Å²) in [5, 5.41) is 8.31. The fourth-order valence-corrected chi connectivity index (χ4v) is 3.61. The average molecular weight is 346 g/mol. The first-order valence-corrected chi connectivity index (χ1v) is 8.82. The zero-order valence-corrected chi connectivity index (χ0v) is 14.0. The third-order valence-corrected chi connectivity index (χ3v) is 4.98. The topological polar surface area (TPSA) is 80.7 Å². The summed E-state index contributed by atoms with van der Waals surface area (Å²) in [6.07, 6.45) is 0. The Bertz CT molecular complexity index is 725. The van der Waals surface area contributed by atoms with Gasteiger partial charge in [0.2, 0.25) is 0 Å². The van der Waals surface area contributed by atoms with Crippen molar-refractivity contribution in [1.29, 1.82) is 0 Å². The van der Waals surface area contributed by atoms with Crippen molar-refractivity contribution >= 4 is 22.7 Å². The van der Waals surface area contributed by atoms with E-state index in [1.54, 1.807) is 61.5 Å². The molecule has 2 rings (SSSR count). The van der Waals surface area contributed by atoms with Gasteiger partial charge in [-0.2, -0.15) is 0 Å². The Kier molecular flexibility index (Phi) is 6.26. The summed E-state index contributed by atoms with van der Waals surface area (Å²) in [6.45, 7) is 2.02. The molecule has 0 aromatic heterocycles. The second kappa shape index (κ2) is 8.40. The normalized spacial score (nSPS) is 13.0. The average Bonchev–Trinajstić information content (AvgIpc) is 2.56. The highest BCUT2D eigenvalue weighted by Crippen LogP contribution is 2.23.